The minimum Gasteiger partial charge on any atom is -0.496 e. The van der Waals surface area contributed by atoms with E-state index in [1.165, 1.54) is 0 Å². The summed E-state index contributed by atoms with van der Waals surface area (Å²) in [6.45, 7) is 4.82. The Morgan fingerprint density at radius 1 is 1.21 bits per heavy atom. The molecule has 1 aromatic rings. The van der Waals surface area contributed by atoms with Crippen molar-refractivity contribution in [2.75, 3.05) is 26.9 Å². The van der Waals surface area contributed by atoms with Gasteiger partial charge in [-0.25, -0.2) is 4.79 Å². The number of Topliss-reactive ketones (excluding diaryl/α,β-unsaturated/α-hetero) is 1. The first kappa shape index (κ1) is 20.1. The Morgan fingerprint density at radius 3 is 2.75 bits per heavy atom. The van der Waals surface area contributed by atoms with Crippen molar-refractivity contribution in [1.29, 1.82) is 0 Å². The molecular formula is C22H27NO5. The quantitative estimate of drug-likeness (QED) is 0.574. The number of rotatable bonds is 7. The number of dihydropyridines is 1. The molecule has 1 heterocycles. The Balaban J connectivity index is 2.03. The predicted octanol–water partition coefficient (Wildman–Crippen LogP) is 3.24. The van der Waals surface area contributed by atoms with Gasteiger partial charge in [-0.2, -0.15) is 0 Å². The van der Waals surface area contributed by atoms with Crippen LogP contribution in [-0.2, 0) is 19.1 Å². The number of esters is 1. The maximum Gasteiger partial charge on any atom is 0.336 e. The van der Waals surface area contributed by atoms with Crippen LogP contribution >= 0.6 is 0 Å². The molecule has 0 fully saturated rings. The van der Waals surface area contributed by atoms with E-state index < -0.39 is 11.9 Å². The van der Waals surface area contributed by atoms with E-state index in [4.69, 9.17) is 14.2 Å². The molecule has 150 valence electrons. The Labute approximate surface area is 165 Å². The maximum absolute atomic E-state index is 13.0. The summed E-state index contributed by atoms with van der Waals surface area (Å²) in [6, 6.07) is 7.51. The molecule has 1 N–H and O–H groups in total. The standard InChI is InChI=1S/C22H27NO5/c1-4-27-12-13-28-22(25)19-14(2)23-16-9-7-10-17(24)21(16)20(19)15-8-5-6-11-18(15)26-3/h5-6,8,11,20,23H,4,7,9-10,12-13H2,1-3H3/t20-/m1/s1. The molecule has 0 amide bonds. The van der Waals surface area contributed by atoms with Crippen molar-refractivity contribution < 1.29 is 23.8 Å². The minimum atomic E-state index is -0.500. The normalized spacial score (nSPS) is 19.2. The van der Waals surface area contributed by atoms with E-state index in [1.54, 1.807) is 7.11 Å². The molecule has 0 aromatic heterocycles. The van der Waals surface area contributed by atoms with Gasteiger partial charge in [0, 0.05) is 35.6 Å². The number of hydrogen-bond donors (Lipinski definition) is 1. The number of ether oxygens (including phenoxy) is 3. The molecule has 1 aliphatic carbocycles. The summed E-state index contributed by atoms with van der Waals surface area (Å²) in [7, 11) is 1.59. The zero-order chi connectivity index (χ0) is 20.1. The van der Waals surface area contributed by atoms with Crippen molar-refractivity contribution >= 4 is 11.8 Å². The SMILES string of the molecule is CCOCCOC(=O)C1=C(C)NC2=C(C(=O)CCC2)[C@@H]1c1ccccc1OC. The number of carbonyl (C=O) groups excluding carboxylic acids is 2. The molecule has 1 atom stereocenters. The monoisotopic (exact) mass is 385 g/mol. The lowest BCUT2D eigenvalue weighted by atomic mass is 9.75. The highest BCUT2D eigenvalue weighted by Gasteiger charge is 2.40. The number of hydrogen-bond acceptors (Lipinski definition) is 6. The third kappa shape index (κ3) is 3.97. The molecular weight excluding hydrogens is 358 g/mol. The number of carbonyl (C=O) groups is 2. The van der Waals surface area contributed by atoms with Gasteiger partial charge in [0.2, 0.25) is 0 Å². The van der Waals surface area contributed by atoms with Crippen molar-refractivity contribution in [3.63, 3.8) is 0 Å². The van der Waals surface area contributed by atoms with E-state index >= 15 is 0 Å². The lowest BCUT2D eigenvalue weighted by Crippen LogP contribution is -2.34. The summed E-state index contributed by atoms with van der Waals surface area (Å²) >= 11 is 0. The minimum absolute atomic E-state index is 0.0665. The number of ketones is 1. The number of allylic oxidation sites excluding steroid dienone is 3. The fraction of sp³-hybridized carbons (Fsp3) is 0.455. The van der Waals surface area contributed by atoms with Crippen LogP contribution in [0.2, 0.25) is 0 Å². The topological polar surface area (TPSA) is 73.9 Å². The molecule has 0 saturated carbocycles. The Hall–Kier alpha value is -2.60. The third-order valence-electron chi connectivity index (χ3n) is 5.11. The summed E-state index contributed by atoms with van der Waals surface area (Å²) in [5.74, 6) is -0.228. The molecule has 0 unspecified atom stereocenters. The van der Waals surface area contributed by atoms with Crippen LogP contribution in [0.3, 0.4) is 0 Å². The van der Waals surface area contributed by atoms with Gasteiger partial charge in [-0.3, -0.25) is 4.79 Å². The van der Waals surface area contributed by atoms with Gasteiger partial charge in [-0.1, -0.05) is 18.2 Å². The molecule has 0 radical (unpaired) electrons. The van der Waals surface area contributed by atoms with Crippen LogP contribution in [0.5, 0.6) is 5.75 Å². The first-order valence-corrected chi connectivity index (χ1v) is 9.70. The highest BCUT2D eigenvalue weighted by atomic mass is 16.6. The van der Waals surface area contributed by atoms with E-state index in [-0.39, 0.29) is 12.4 Å². The number of nitrogens with one attached hydrogen (secondary N) is 1. The molecule has 1 aliphatic heterocycles. The van der Waals surface area contributed by atoms with Crippen LogP contribution in [0.4, 0.5) is 0 Å². The molecule has 1 aromatic carbocycles. The third-order valence-corrected chi connectivity index (χ3v) is 5.11. The second-order valence-corrected chi connectivity index (χ2v) is 6.84. The van der Waals surface area contributed by atoms with Crippen molar-refractivity contribution in [1.82, 2.24) is 5.32 Å². The zero-order valence-electron chi connectivity index (χ0n) is 16.7. The largest absolute Gasteiger partial charge is 0.496 e. The number of para-hydroxylation sites is 1. The molecule has 6 heteroatoms. The maximum atomic E-state index is 13.0. The van der Waals surface area contributed by atoms with Gasteiger partial charge in [-0.05, 0) is 32.8 Å². The highest BCUT2D eigenvalue weighted by molar-refractivity contribution is 6.04. The molecule has 0 saturated heterocycles. The van der Waals surface area contributed by atoms with Gasteiger partial charge >= 0.3 is 5.97 Å². The summed E-state index contributed by atoms with van der Waals surface area (Å²) in [5, 5.41) is 3.28. The number of benzene rings is 1. The predicted molar refractivity (Wildman–Crippen MR) is 105 cm³/mol. The average Bonchev–Trinajstić information content (AvgIpc) is 2.70. The van der Waals surface area contributed by atoms with E-state index in [0.29, 0.717) is 42.2 Å². The van der Waals surface area contributed by atoms with Crippen molar-refractivity contribution in [3.05, 3.63) is 52.4 Å². The summed E-state index contributed by atoms with van der Waals surface area (Å²) in [4.78, 5) is 25.8. The lowest BCUT2D eigenvalue weighted by molar-refractivity contribution is -0.140. The zero-order valence-corrected chi connectivity index (χ0v) is 16.7. The Morgan fingerprint density at radius 2 is 2.00 bits per heavy atom. The summed E-state index contributed by atoms with van der Waals surface area (Å²) < 4.78 is 16.3. The van der Waals surface area contributed by atoms with Crippen molar-refractivity contribution in [2.24, 2.45) is 0 Å². The molecule has 3 rings (SSSR count). The summed E-state index contributed by atoms with van der Waals surface area (Å²) in [5.41, 5.74) is 3.51. The first-order chi connectivity index (χ1) is 13.6. The molecule has 0 spiro atoms. The van der Waals surface area contributed by atoms with Crippen LogP contribution in [-0.4, -0.2) is 38.7 Å². The van der Waals surface area contributed by atoms with Gasteiger partial charge in [0.05, 0.1) is 25.2 Å². The Kier molecular flexibility index (Phi) is 6.52. The van der Waals surface area contributed by atoms with Gasteiger partial charge in [0.25, 0.3) is 0 Å². The summed E-state index contributed by atoms with van der Waals surface area (Å²) in [6.07, 6.45) is 2.08. The van der Waals surface area contributed by atoms with Crippen LogP contribution in [0, 0.1) is 0 Å². The second-order valence-electron chi connectivity index (χ2n) is 6.84. The van der Waals surface area contributed by atoms with Crippen molar-refractivity contribution in [3.8, 4) is 5.75 Å². The van der Waals surface area contributed by atoms with Crippen LogP contribution < -0.4 is 10.1 Å². The molecule has 28 heavy (non-hydrogen) atoms. The van der Waals surface area contributed by atoms with Crippen LogP contribution in [0.1, 0.15) is 44.6 Å². The molecule has 2 aliphatic rings. The number of methoxy groups -OCH3 is 1. The second kappa shape index (κ2) is 9.06. The first-order valence-electron chi connectivity index (χ1n) is 9.70. The van der Waals surface area contributed by atoms with Gasteiger partial charge in [-0.15, -0.1) is 0 Å². The lowest BCUT2D eigenvalue weighted by Gasteiger charge is -2.34. The van der Waals surface area contributed by atoms with Gasteiger partial charge in [0.1, 0.15) is 12.4 Å². The van der Waals surface area contributed by atoms with E-state index in [9.17, 15) is 9.59 Å². The Bertz CT molecular complexity index is 824. The van der Waals surface area contributed by atoms with Gasteiger partial charge < -0.3 is 19.5 Å². The van der Waals surface area contributed by atoms with Crippen molar-refractivity contribution in [2.45, 2.75) is 39.0 Å². The van der Waals surface area contributed by atoms with E-state index in [0.717, 1.165) is 24.1 Å². The molecule has 6 nitrogen and oxygen atoms in total. The van der Waals surface area contributed by atoms with E-state index in [1.807, 2.05) is 38.1 Å². The fourth-order valence-corrected chi connectivity index (χ4v) is 3.89. The fourth-order valence-electron chi connectivity index (χ4n) is 3.89. The van der Waals surface area contributed by atoms with Crippen LogP contribution in [0.25, 0.3) is 0 Å². The highest BCUT2D eigenvalue weighted by Crippen LogP contribution is 2.45. The van der Waals surface area contributed by atoms with Gasteiger partial charge in [0.15, 0.2) is 5.78 Å². The molecule has 0 bridgehead atoms. The van der Waals surface area contributed by atoms with Crippen LogP contribution in [0.15, 0.2) is 46.8 Å². The smallest absolute Gasteiger partial charge is 0.336 e. The average molecular weight is 385 g/mol. The van der Waals surface area contributed by atoms with E-state index in [2.05, 4.69) is 5.32 Å².